The van der Waals surface area contributed by atoms with E-state index in [2.05, 4.69) is 43.3 Å². The molecule has 0 radical (unpaired) electrons. The molecule has 0 aliphatic rings. The number of carbonyl (C=O) groups is 3. The molecule has 0 fully saturated rings. The fourth-order valence-electron chi connectivity index (χ4n) is 4.19. The van der Waals surface area contributed by atoms with E-state index >= 15 is 0 Å². The summed E-state index contributed by atoms with van der Waals surface area (Å²) in [7, 11) is 0. The molecule has 4 rings (SSSR count). The summed E-state index contributed by atoms with van der Waals surface area (Å²) in [5, 5.41) is 9.54. The number of benzene rings is 4. The number of carboxylic acid groups (broad SMARTS) is 1. The van der Waals surface area contributed by atoms with Gasteiger partial charge in [0.05, 0.1) is 5.56 Å². The van der Waals surface area contributed by atoms with Gasteiger partial charge in [-0.25, -0.2) is 4.79 Å². The van der Waals surface area contributed by atoms with E-state index in [1.165, 1.54) is 22.8 Å². The van der Waals surface area contributed by atoms with Gasteiger partial charge in [-0.15, -0.1) is 0 Å². The van der Waals surface area contributed by atoms with Crippen LogP contribution in [0.25, 0.3) is 11.1 Å². The Morgan fingerprint density at radius 1 is 0.639 bits per heavy atom. The molecule has 0 saturated heterocycles. The van der Waals surface area contributed by atoms with Gasteiger partial charge < -0.3 is 5.11 Å². The molecule has 0 amide bonds. The lowest BCUT2D eigenvalue weighted by atomic mass is 9.95. The van der Waals surface area contributed by atoms with Crippen LogP contribution >= 0.6 is 0 Å². The number of carbonyl (C=O) groups excluding carboxylic acids is 2. The van der Waals surface area contributed by atoms with Crippen LogP contribution in [0.3, 0.4) is 0 Å². The van der Waals surface area contributed by atoms with Crippen molar-refractivity contribution in [2.75, 3.05) is 0 Å². The summed E-state index contributed by atoms with van der Waals surface area (Å²) in [6.45, 7) is 3.78. The number of aryl methyl sites for hydroxylation is 1. The highest BCUT2D eigenvalue weighted by molar-refractivity contribution is 6.06. The van der Waals surface area contributed by atoms with E-state index in [0.717, 1.165) is 17.5 Å². The van der Waals surface area contributed by atoms with Crippen molar-refractivity contribution in [2.45, 2.75) is 33.1 Å². The topological polar surface area (TPSA) is 71.4 Å². The average Bonchev–Trinajstić information content (AvgIpc) is 2.90. The molecule has 0 aliphatic heterocycles. The second-order valence-corrected chi connectivity index (χ2v) is 9.00. The molecule has 180 valence electrons. The maximum atomic E-state index is 12.9. The number of aromatic carboxylic acids is 1. The number of hydrogen-bond acceptors (Lipinski definition) is 3. The summed E-state index contributed by atoms with van der Waals surface area (Å²) in [6.07, 6.45) is 1.40. The van der Waals surface area contributed by atoms with Crippen molar-refractivity contribution in [1.82, 2.24) is 0 Å². The number of ketones is 2. The molecule has 36 heavy (non-hydrogen) atoms. The molecule has 0 unspecified atom stereocenters. The number of carboxylic acids is 1. The van der Waals surface area contributed by atoms with Crippen LogP contribution in [0.5, 0.6) is 0 Å². The third kappa shape index (κ3) is 5.84. The van der Waals surface area contributed by atoms with E-state index in [1.807, 2.05) is 12.1 Å². The van der Waals surface area contributed by atoms with Crippen LogP contribution in [-0.4, -0.2) is 22.6 Å². The largest absolute Gasteiger partial charge is 0.478 e. The maximum Gasteiger partial charge on any atom is 0.336 e. The fraction of sp³-hybridized carbons (Fsp3) is 0.156. The zero-order valence-electron chi connectivity index (χ0n) is 20.5. The Balaban J connectivity index is 1.44. The molecule has 0 aliphatic carbocycles. The minimum Gasteiger partial charge on any atom is -0.478 e. The van der Waals surface area contributed by atoms with Crippen LogP contribution in [0.2, 0.25) is 0 Å². The van der Waals surface area contributed by atoms with Crippen molar-refractivity contribution in [3.8, 4) is 11.1 Å². The molecule has 4 nitrogen and oxygen atoms in total. The predicted molar refractivity (Wildman–Crippen MR) is 142 cm³/mol. The maximum absolute atomic E-state index is 12.9. The normalized spacial score (nSPS) is 10.7. The zero-order valence-corrected chi connectivity index (χ0v) is 20.5. The molecule has 0 aromatic heterocycles. The lowest BCUT2D eigenvalue weighted by Gasteiger charge is -2.09. The van der Waals surface area contributed by atoms with E-state index in [4.69, 9.17) is 0 Å². The van der Waals surface area contributed by atoms with Gasteiger partial charge in [-0.3, -0.25) is 9.59 Å². The molecular weight excluding hydrogens is 448 g/mol. The monoisotopic (exact) mass is 476 g/mol. The van der Waals surface area contributed by atoms with Gasteiger partial charge in [-0.2, -0.15) is 0 Å². The molecule has 0 heterocycles. The highest BCUT2D eigenvalue weighted by Crippen LogP contribution is 2.25. The second kappa shape index (κ2) is 11.0. The molecule has 0 bridgehead atoms. The number of Topliss-reactive ketones (excluding diaryl/α,β-unsaturated/α-hetero) is 2. The van der Waals surface area contributed by atoms with Gasteiger partial charge >= 0.3 is 5.97 Å². The van der Waals surface area contributed by atoms with Crippen molar-refractivity contribution in [3.05, 3.63) is 130 Å². The Bertz CT molecular complexity index is 1400. The lowest BCUT2D eigenvalue weighted by molar-refractivity contribution is 0.0691. The Kier molecular flexibility index (Phi) is 7.55. The summed E-state index contributed by atoms with van der Waals surface area (Å²) in [5.74, 6) is -1.32. The first-order valence-corrected chi connectivity index (χ1v) is 12.0. The molecule has 4 aromatic rings. The Hall–Kier alpha value is -4.31. The van der Waals surface area contributed by atoms with Crippen molar-refractivity contribution in [1.29, 1.82) is 0 Å². The minimum atomic E-state index is -1.13. The summed E-state index contributed by atoms with van der Waals surface area (Å²) in [5.41, 5.74) is 6.92. The third-order valence-electron chi connectivity index (χ3n) is 6.33. The van der Waals surface area contributed by atoms with Gasteiger partial charge in [0.15, 0.2) is 11.6 Å². The number of rotatable bonds is 9. The molecule has 1 N–H and O–H groups in total. The summed E-state index contributed by atoms with van der Waals surface area (Å²) < 4.78 is 0. The van der Waals surface area contributed by atoms with E-state index < -0.39 is 5.97 Å². The molecule has 0 spiro atoms. The first kappa shape index (κ1) is 24.8. The van der Waals surface area contributed by atoms with Gasteiger partial charge in [0.25, 0.3) is 0 Å². The molecule has 0 atom stereocenters. The Labute approximate surface area is 211 Å². The molecule has 4 heteroatoms. The van der Waals surface area contributed by atoms with Gasteiger partial charge in [0.1, 0.15) is 0 Å². The van der Waals surface area contributed by atoms with E-state index in [1.54, 1.807) is 43.3 Å². The van der Waals surface area contributed by atoms with Gasteiger partial charge in [-0.1, -0.05) is 91.3 Å². The first-order valence-electron chi connectivity index (χ1n) is 12.0. The van der Waals surface area contributed by atoms with E-state index in [9.17, 15) is 19.5 Å². The van der Waals surface area contributed by atoms with Crippen LogP contribution < -0.4 is 0 Å². The molecule has 4 aromatic carbocycles. The van der Waals surface area contributed by atoms with E-state index in [0.29, 0.717) is 17.5 Å². The van der Waals surface area contributed by atoms with Crippen LogP contribution in [-0.2, 0) is 12.8 Å². The summed E-state index contributed by atoms with van der Waals surface area (Å²) >= 11 is 0. The van der Waals surface area contributed by atoms with Crippen molar-refractivity contribution >= 4 is 17.5 Å². The van der Waals surface area contributed by atoms with Crippen LogP contribution in [0.1, 0.15) is 66.7 Å². The van der Waals surface area contributed by atoms with Gasteiger partial charge in [0, 0.05) is 24.0 Å². The van der Waals surface area contributed by atoms with Gasteiger partial charge in [-0.05, 0) is 53.3 Å². The fourth-order valence-corrected chi connectivity index (χ4v) is 4.19. The standard InChI is InChI=1S/C32H28O4/c1-3-30(33)28-17-16-27(20-29(28)32(35)36)25-12-14-26(15-13-25)31(34)19-24-10-8-23(9-11-24)18-22-6-4-21(2)5-7-22/h4-17,20H,3,18-19H2,1-2H3,(H,35,36). The van der Waals surface area contributed by atoms with Crippen molar-refractivity contribution in [3.63, 3.8) is 0 Å². The first-order chi connectivity index (χ1) is 17.3. The van der Waals surface area contributed by atoms with Crippen LogP contribution in [0.15, 0.2) is 91.0 Å². The quantitative estimate of drug-likeness (QED) is 0.265. The number of hydrogen-bond donors (Lipinski definition) is 1. The van der Waals surface area contributed by atoms with Crippen molar-refractivity contribution < 1.29 is 19.5 Å². The molecule has 0 saturated carbocycles. The van der Waals surface area contributed by atoms with Crippen LogP contribution in [0, 0.1) is 6.92 Å². The highest BCUT2D eigenvalue weighted by atomic mass is 16.4. The Morgan fingerprint density at radius 3 is 1.78 bits per heavy atom. The lowest BCUT2D eigenvalue weighted by Crippen LogP contribution is -2.08. The third-order valence-corrected chi connectivity index (χ3v) is 6.33. The second-order valence-electron chi connectivity index (χ2n) is 9.00. The predicted octanol–water partition coefficient (Wildman–Crippen LogP) is 6.97. The SMILES string of the molecule is CCC(=O)c1ccc(-c2ccc(C(=O)Cc3ccc(Cc4ccc(C)cc4)cc3)cc2)cc1C(=O)O. The van der Waals surface area contributed by atoms with Crippen LogP contribution in [0.4, 0.5) is 0 Å². The minimum absolute atomic E-state index is 0.00896. The molecular formula is C32H28O4. The zero-order chi connectivity index (χ0) is 25.7. The Morgan fingerprint density at radius 2 is 1.19 bits per heavy atom. The summed E-state index contributed by atoms with van der Waals surface area (Å²) in [4.78, 5) is 36.6. The smallest absolute Gasteiger partial charge is 0.336 e. The highest BCUT2D eigenvalue weighted by Gasteiger charge is 2.16. The van der Waals surface area contributed by atoms with Crippen molar-refractivity contribution in [2.24, 2.45) is 0 Å². The van der Waals surface area contributed by atoms with Gasteiger partial charge in [0.2, 0.25) is 0 Å². The average molecular weight is 477 g/mol. The van der Waals surface area contributed by atoms with E-state index in [-0.39, 0.29) is 29.1 Å². The summed E-state index contributed by atoms with van der Waals surface area (Å²) in [6, 6.07) is 28.6.